The molecule has 13 heteroatoms. The number of rotatable bonds is 7. The lowest BCUT2D eigenvalue weighted by atomic mass is 9.43. The van der Waals surface area contributed by atoms with Crippen molar-refractivity contribution in [1.29, 1.82) is 0 Å². The lowest BCUT2D eigenvalue weighted by Crippen LogP contribution is -2.65. The topological polar surface area (TPSA) is 117 Å². The summed E-state index contributed by atoms with van der Waals surface area (Å²) in [5, 5.41) is 13.6. The third-order valence-electron chi connectivity index (χ3n) is 11.7. The van der Waals surface area contributed by atoms with Crippen LogP contribution in [0, 0.1) is 35.0 Å². The third kappa shape index (κ3) is 7.05. The van der Waals surface area contributed by atoms with E-state index in [0.29, 0.717) is 29.2 Å². The van der Waals surface area contributed by atoms with E-state index in [-0.39, 0.29) is 42.1 Å². The summed E-state index contributed by atoms with van der Waals surface area (Å²) in [5.41, 5.74) is -1.05. The second-order valence-electron chi connectivity index (χ2n) is 16.3. The SMILES string of the molecule is CC(=O)N[C@@]1(C(=O)NC(C)(C)C)C[C@H]2C[C@@H](N(C)C)C[C@H]2[C@@H]1CCCB1O[C@@H]2C[C@@H]3C[C@@H](C3(C)C)[C@]2(C)O1.O=C(O)C(F)(F)F. The Hall–Kier alpha value is -1.86. The zero-order valence-corrected chi connectivity index (χ0v) is 28.3. The first kappa shape index (κ1) is 36.0. The predicted molar refractivity (Wildman–Crippen MR) is 164 cm³/mol. The van der Waals surface area contributed by atoms with Gasteiger partial charge in [-0.2, -0.15) is 13.2 Å². The third-order valence-corrected chi connectivity index (χ3v) is 11.7. The van der Waals surface area contributed by atoms with E-state index in [1.54, 1.807) is 6.92 Å². The van der Waals surface area contributed by atoms with Crippen LogP contribution in [0.4, 0.5) is 13.2 Å². The van der Waals surface area contributed by atoms with Gasteiger partial charge < -0.3 is 29.9 Å². The fraction of sp³-hybridized carbons (Fsp3) is 0.906. The van der Waals surface area contributed by atoms with Crippen molar-refractivity contribution in [3.8, 4) is 0 Å². The number of carbonyl (C=O) groups is 3. The lowest BCUT2D eigenvalue weighted by Gasteiger charge is -2.64. The monoisotopic (exact) mass is 643 g/mol. The fourth-order valence-electron chi connectivity index (χ4n) is 9.47. The molecule has 0 spiro atoms. The van der Waals surface area contributed by atoms with E-state index in [0.717, 1.165) is 50.8 Å². The van der Waals surface area contributed by atoms with Gasteiger partial charge in [0, 0.05) is 18.5 Å². The molecule has 2 amide bonds. The molecule has 2 bridgehead atoms. The first-order valence-electron chi connectivity index (χ1n) is 16.4. The van der Waals surface area contributed by atoms with E-state index in [4.69, 9.17) is 19.2 Å². The van der Waals surface area contributed by atoms with Gasteiger partial charge in [-0.3, -0.25) is 9.59 Å². The molecule has 9 nitrogen and oxygen atoms in total. The number of nitrogens with zero attached hydrogens (tertiary/aromatic N) is 1. The van der Waals surface area contributed by atoms with Crippen LogP contribution in [0.15, 0.2) is 0 Å². The second-order valence-corrected chi connectivity index (χ2v) is 16.3. The highest BCUT2D eigenvalue weighted by atomic mass is 19.4. The molecule has 0 aromatic carbocycles. The molecule has 6 rings (SSSR count). The summed E-state index contributed by atoms with van der Waals surface area (Å²) < 4.78 is 44.9. The summed E-state index contributed by atoms with van der Waals surface area (Å²) in [6.45, 7) is 14.7. The zero-order valence-electron chi connectivity index (χ0n) is 28.3. The zero-order chi connectivity index (χ0) is 33.9. The number of fused-ring (bicyclic) bond motifs is 1. The second kappa shape index (κ2) is 12.3. The van der Waals surface area contributed by atoms with Crippen LogP contribution in [0.5, 0.6) is 0 Å². The molecule has 0 unspecified atom stereocenters. The number of hydrogen-bond donors (Lipinski definition) is 3. The van der Waals surface area contributed by atoms with E-state index in [1.165, 1.54) is 6.42 Å². The fourth-order valence-corrected chi connectivity index (χ4v) is 9.47. The molecule has 256 valence electrons. The summed E-state index contributed by atoms with van der Waals surface area (Å²) in [7, 11) is 4.15. The molecule has 3 N–H and O–H groups in total. The van der Waals surface area contributed by atoms with Crippen molar-refractivity contribution in [1.82, 2.24) is 15.5 Å². The normalized spacial score (nSPS) is 38.1. The van der Waals surface area contributed by atoms with E-state index in [1.807, 2.05) is 20.8 Å². The van der Waals surface area contributed by atoms with Gasteiger partial charge in [0.15, 0.2) is 0 Å². The van der Waals surface area contributed by atoms with Crippen LogP contribution < -0.4 is 10.6 Å². The minimum absolute atomic E-state index is 0.0186. The van der Waals surface area contributed by atoms with Crippen molar-refractivity contribution in [2.75, 3.05) is 14.1 Å². The van der Waals surface area contributed by atoms with E-state index in [9.17, 15) is 22.8 Å². The standard InChI is InChI=1S/C30H52BN3O4.C2HF3O2/c1-18(35)32-30(26(36)33-27(2,3)4)17-19-13-21(34(8)9)16-22(19)23(30)11-10-12-31-37-25-15-20-14-24(28(20,5)6)29(25,7)38-31;3-2(4,5)1(6)7/h19-25H,10-17H2,1-9H3,(H,32,35)(H,33,36);(H,6,7)/t19-,20+,21-,22-,23+,24+,25-,29+,30+;/m1./s1. The number of amides is 2. The average Bonchev–Trinajstić information content (AvgIpc) is 3.52. The lowest BCUT2D eigenvalue weighted by molar-refractivity contribution is -0.199. The highest BCUT2D eigenvalue weighted by Crippen LogP contribution is 2.66. The molecule has 9 atom stereocenters. The summed E-state index contributed by atoms with van der Waals surface area (Å²) in [4.78, 5) is 37.7. The molecular formula is C32H53BF3N3O6. The van der Waals surface area contributed by atoms with Crippen molar-refractivity contribution in [2.45, 2.75) is 135 Å². The molecule has 6 aliphatic rings. The molecule has 1 saturated heterocycles. The number of halogens is 3. The summed E-state index contributed by atoms with van der Waals surface area (Å²) in [5.74, 6) is -0.607. The van der Waals surface area contributed by atoms with Crippen LogP contribution in [-0.2, 0) is 23.7 Å². The van der Waals surface area contributed by atoms with Crippen molar-refractivity contribution in [2.24, 2.45) is 35.0 Å². The van der Waals surface area contributed by atoms with Gasteiger partial charge in [-0.15, -0.1) is 0 Å². The number of carboxylic acids is 1. The first-order valence-corrected chi connectivity index (χ1v) is 16.4. The average molecular weight is 644 g/mol. The van der Waals surface area contributed by atoms with Gasteiger partial charge in [-0.1, -0.05) is 20.3 Å². The minimum atomic E-state index is -5.08. The summed E-state index contributed by atoms with van der Waals surface area (Å²) in [6, 6.07) is 0.535. The number of aliphatic carboxylic acids is 1. The minimum Gasteiger partial charge on any atom is -0.475 e. The van der Waals surface area contributed by atoms with Gasteiger partial charge in [0.1, 0.15) is 5.54 Å². The molecule has 1 aliphatic heterocycles. The Balaban J connectivity index is 0.000000591. The van der Waals surface area contributed by atoms with E-state index in [2.05, 4.69) is 50.4 Å². The Kier molecular flexibility index (Phi) is 9.84. The maximum Gasteiger partial charge on any atom is 0.490 e. The van der Waals surface area contributed by atoms with Crippen LogP contribution in [0.2, 0.25) is 6.32 Å². The molecule has 45 heavy (non-hydrogen) atoms. The van der Waals surface area contributed by atoms with Crippen LogP contribution in [0.3, 0.4) is 0 Å². The van der Waals surface area contributed by atoms with Crippen molar-refractivity contribution in [3.63, 3.8) is 0 Å². The number of nitrogens with one attached hydrogen (secondary N) is 2. The maximum atomic E-state index is 13.9. The van der Waals surface area contributed by atoms with Crippen molar-refractivity contribution < 1.29 is 42.0 Å². The smallest absolute Gasteiger partial charge is 0.475 e. The van der Waals surface area contributed by atoms with Crippen LogP contribution in [-0.4, -0.2) is 84.0 Å². The van der Waals surface area contributed by atoms with Gasteiger partial charge >= 0.3 is 19.3 Å². The molecule has 0 aromatic heterocycles. The first-order chi connectivity index (χ1) is 20.5. The number of carboxylic acid groups (broad SMARTS) is 1. The highest BCUT2D eigenvalue weighted by Gasteiger charge is 2.68. The Morgan fingerprint density at radius 2 is 1.67 bits per heavy atom. The number of alkyl halides is 3. The molecular weight excluding hydrogens is 590 g/mol. The van der Waals surface area contributed by atoms with Gasteiger partial charge in [0.2, 0.25) is 11.8 Å². The molecule has 1 heterocycles. The Morgan fingerprint density at radius 3 is 2.18 bits per heavy atom. The Bertz CT molecular complexity index is 1150. The Morgan fingerprint density at radius 1 is 1.04 bits per heavy atom. The summed E-state index contributed by atoms with van der Waals surface area (Å²) in [6.07, 6.45) is 3.04. The van der Waals surface area contributed by atoms with Crippen LogP contribution in [0.1, 0.15) is 93.4 Å². The maximum absolute atomic E-state index is 13.9. The van der Waals surface area contributed by atoms with Gasteiger partial charge in [-0.05, 0) is 122 Å². The van der Waals surface area contributed by atoms with Crippen molar-refractivity contribution in [3.05, 3.63) is 0 Å². The van der Waals surface area contributed by atoms with Gasteiger partial charge in [-0.25, -0.2) is 4.79 Å². The molecule has 5 aliphatic carbocycles. The van der Waals surface area contributed by atoms with E-state index < -0.39 is 17.7 Å². The molecule has 6 fully saturated rings. The van der Waals surface area contributed by atoms with Crippen LogP contribution in [0.25, 0.3) is 0 Å². The van der Waals surface area contributed by atoms with Crippen molar-refractivity contribution >= 4 is 24.9 Å². The summed E-state index contributed by atoms with van der Waals surface area (Å²) >= 11 is 0. The van der Waals surface area contributed by atoms with E-state index >= 15 is 0 Å². The largest absolute Gasteiger partial charge is 0.490 e. The van der Waals surface area contributed by atoms with Gasteiger partial charge in [0.25, 0.3) is 0 Å². The molecule has 0 radical (unpaired) electrons. The molecule has 0 aromatic rings. The highest BCUT2D eigenvalue weighted by molar-refractivity contribution is 6.45. The van der Waals surface area contributed by atoms with Crippen LogP contribution >= 0.6 is 0 Å². The predicted octanol–water partition coefficient (Wildman–Crippen LogP) is 4.89. The van der Waals surface area contributed by atoms with Gasteiger partial charge in [0.05, 0.1) is 11.7 Å². The number of carbonyl (C=O) groups excluding carboxylic acids is 2. The Labute approximate surface area is 266 Å². The quantitative estimate of drug-likeness (QED) is 0.338. The number of hydrogen-bond acceptors (Lipinski definition) is 6. The molecule has 5 saturated carbocycles.